The Bertz CT molecular complexity index is 408. The number of aryl methyl sites for hydroxylation is 1. The zero-order chi connectivity index (χ0) is 14.4. The molecule has 1 atom stereocenters. The largest absolute Gasteiger partial charge is 0.494 e. The lowest BCUT2D eigenvalue weighted by molar-refractivity contribution is 0.305. The molecule has 2 nitrogen and oxygen atoms in total. The summed E-state index contributed by atoms with van der Waals surface area (Å²) in [5.41, 5.74) is 2.67. The molecule has 1 fully saturated rings. The van der Waals surface area contributed by atoms with E-state index >= 15 is 0 Å². The van der Waals surface area contributed by atoms with Gasteiger partial charge in [0.1, 0.15) is 5.75 Å². The van der Waals surface area contributed by atoms with Gasteiger partial charge in [-0.15, -0.1) is 0 Å². The smallest absolute Gasteiger partial charge is 0.124 e. The summed E-state index contributed by atoms with van der Waals surface area (Å²) in [6.07, 6.45) is 8.23. The zero-order valence-electron chi connectivity index (χ0n) is 13.2. The van der Waals surface area contributed by atoms with Crippen LogP contribution in [0, 0.1) is 12.8 Å². The molecular weight excluding hydrogens is 246 g/mol. The highest BCUT2D eigenvalue weighted by molar-refractivity contribution is 5.39. The van der Waals surface area contributed by atoms with Gasteiger partial charge in [-0.1, -0.05) is 43.4 Å². The molecule has 0 bridgehead atoms. The summed E-state index contributed by atoms with van der Waals surface area (Å²) in [4.78, 5) is 0. The number of hydrogen-bond acceptors (Lipinski definition) is 2. The lowest BCUT2D eigenvalue weighted by Crippen LogP contribution is -2.25. The van der Waals surface area contributed by atoms with Gasteiger partial charge in [0.15, 0.2) is 0 Å². The van der Waals surface area contributed by atoms with Crippen LogP contribution in [0.15, 0.2) is 18.2 Å². The number of benzene rings is 1. The van der Waals surface area contributed by atoms with Crippen LogP contribution in [0.1, 0.15) is 62.6 Å². The molecule has 0 aliphatic heterocycles. The van der Waals surface area contributed by atoms with Crippen molar-refractivity contribution < 1.29 is 4.74 Å². The van der Waals surface area contributed by atoms with Crippen LogP contribution in [0.4, 0.5) is 0 Å². The fraction of sp³-hybridized carbons (Fsp3) is 0.667. The monoisotopic (exact) mass is 275 g/mol. The second-order valence-electron chi connectivity index (χ2n) is 5.99. The standard InChI is InChI=1S/C18H29NO/c1-4-20-17-12-11-14(2)13-16(17)18(19-3)15-9-7-5-6-8-10-15/h11-13,15,18-19H,4-10H2,1-3H3. The normalized spacial score (nSPS) is 18.6. The van der Waals surface area contributed by atoms with Gasteiger partial charge in [0, 0.05) is 11.6 Å². The summed E-state index contributed by atoms with van der Waals surface area (Å²) >= 11 is 0. The first-order valence-corrected chi connectivity index (χ1v) is 8.17. The van der Waals surface area contributed by atoms with Crippen molar-refractivity contribution in [3.05, 3.63) is 29.3 Å². The number of hydrogen-bond donors (Lipinski definition) is 1. The predicted molar refractivity (Wildman–Crippen MR) is 85.3 cm³/mol. The van der Waals surface area contributed by atoms with Gasteiger partial charge in [0.25, 0.3) is 0 Å². The lowest BCUT2D eigenvalue weighted by Gasteiger charge is -2.28. The third-order valence-corrected chi connectivity index (χ3v) is 4.48. The van der Waals surface area contributed by atoms with E-state index in [2.05, 4.69) is 44.4 Å². The fourth-order valence-corrected chi connectivity index (χ4v) is 3.49. The van der Waals surface area contributed by atoms with Gasteiger partial charge in [-0.2, -0.15) is 0 Å². The molecule has 2 heteroatoms. The first kappa shape index (κ1) is 15.4. The van der Waals surface area contributed by atoms with Gasteiger partial charge < -0.3 is 10.1 Å². The van der Waals surface area contributed by atoms with Crippen molar-refractivity contribution in [3.63, 3.8) is 0 Å². The summed E-state index contributed by atoms with van der Waals surface area (Å²) in [5.74, 6) is 1.80. The lowest BCUT2D eigenvalue weighted by atomic mass is 9.86. The average Bonchev–Trinajstić information content (AvgIpc) is 2.72. The van der Waals surface area contributed by atoms with Crippen molar-refractivity contribution in [1.82, 2.24) is 5.32 Å². The molecule has 1 aromatic rings. The minimum Gasteiger partial charge on any atom is -0.494 e. The Labute approximate surface area is 123 Å². The number of nitrogens with one attached hydrogen (secondary N) is 1. The molecule has 0 heterocycles. The highest BCUT2D eigenvalue weighted by Crippen LogP contribution is 2.37. The molecule has 1 saturated carbocycles. The Morgan fingerprint density at radius 1 is 1.20 bits per heavy atom. The fourth-order valence-electron chi connectivity index (χ4n) is 3.49. The number of ether oxygens (including phenoxy) is 1. The van der Waals surface area contributed by atoms with E-state index in [1.165, 1.54) is 49.7 Å². The molecule has 0 saturated heterocycles. The molecule has 1 aromatic carbocycles. The van der Waals surface area contributed by atoms with Crippen LogP contribution in [-0.2, 0) is 0 Å². The predicted octanol–water partition coefficient (Wildman–Crippen LogP) is 4.62. The van der Waals surface area contributed by atoms with Crippen molar-refractivity contribution in [2.24, 2.45) is 5.92 Å². The highest BCUT2D eigenvalue weighted by Gasteiger charge is 2.25. The minimum absolute atomic E-state index is 0.426. The molecule has 0 spiro atoms. The van der Waals surface area contributed by atoms with Gasteiger partial charge in [0.05, 0.1) is 6.61 Å². The Balaban J connectivity index is 2.26. The third kappa shape index (κ3) is 3.76. The molecule has 0 aromatic heterocycles. The van der Waals surface area contributed by atoms with Crippen molar-refractivity contribution in [2.45, 2.75) is 58.4 Å². The molecule has 20 heavy (non-hydrogen) atoms. The van der Waals surface area contributed by atoms with Crippen molar-refractivity contribution >= 4 is 0 Å². The van der Waals surface area contributed by atoms with Crippen LogP contribution in [0.25, 0.3) is 0 Å². The van der Waals surface area contributed by atoms with Crippen LogP contribution in [0.5, 0.6) is 5.75 Å². The van der Waals surface area contributed by atoms with Crippen molar-refractivity contribution in [3.8, 4) is 5.75 Å². The highest BCUT2D eigenvalue weighted by atomic mass is 16.5. The van der Waals surface area contributed by atoms with E-state index in [1.54, 1.807) is 0 Å². The van der Waals surface area contributed by atoms with E-state index in [0.717, 1.165) is 18.3 Å². The van der Waals surface area contributed by atoms with E-state index < -0.39 is 0 Å². The van der Waals surface area contributed by atoms with Crippen molar-refractivity contribution in [1.29, 1.82) is 0 Å². The second kappa shape index (κ2) is 7.68. The Hall–Kier alpha value is -1.02. The molecular formula is C18H29NO. The molecule has 0 amide bonds. The molecule has 1 N–H and O–H groups in total. The van der Waals surface area contributed by atoms with Crippen LogP contribution in [0.3, 0.4) is 0 Å². The number of rotatable bonds is 5. The Morgan fingerprint density at radius 2 is 1.90 bits per heavy atom. The van der Waals surface area contributed by atoms with E-state index in [4.69, 9.17) is 4.74 Å². The second-order valence-corrected chi connectivity index (χ2v) is 5.99. The van der Waals surface area contributed by atoms with Crippen LogP contribution in [0.2, 0.25) is 0 Å². The van der Waals surface area contributed by atoms with Gasteiger partial charge in [-0.25, -0.2) is 0 Å². The van der Waals surface area contributed by atoms with E-state index in [1.807, 2.05) is 0 Å². The third-order valence-electron chi connectivity index (χ3n) is 4.48. The topological polar surface area (TPSA) is 21.3 Å². The summed E-state index contributed by atoms with van der Waals surface area (Å²) in [5, 5.41) is 3.56. The first-order chi connectivity index (χ1) is 9.76. The van der Waals surface area contributed by atoms with E-state index in [-0.39, 0.29) is 0 Å². The van der Waals surface area contributed by atoms with Crippen LogP contribution in [-0.4, -0.2) is 13.7 Å². The van der Waals surface area contributed by atoms with Crippen molar-refractivity contribution in [2.75, 3.05) is 13.7 Å². The van der Waals surface area contributed by atoms with E-state index in [0.29, 0.717) is 6.04 Å². The molecule has 112 valence electrons. The first-order valence-electron chi connectivity index (χ1n) is 8.17. The maximum atomic E-state index is 5.86. The zero-order valence-corrected chi connectivity index (χ0v) is 13.2. The minimum atomic E-state index is 0.426. The van der Waals surface area contributed by atoms with Crippen LogP contribution < -0.4 is 10.1 Å². The summed E-state index contributed by atoms with van der Waals surface area (Å²) in [6.45, 7) is 4.96. The maximum Gasteiger partial charge on any atom is 0.124 e. The van der Waals surface area contributed by atoms with Gasteiger partial charge in [-0.05, 0) is 45.7 Å². The molecule has 1 aliphatic carbocycles. The molecule has 1 aliphatic rings. The van der Waals surface area contributed by atoms with Gasteiger partial charge >= 0.3 is 0 Å². The summed E-state index contributed by atoms with van der Waals surface area (Å²) in [6, 6.07) is 7.01. The Morgan fingerprint density at radius 3 is 2.50 bits per heavy atom. The van der Waals surface area contributed by atoms with Crippen LogP contribution >= 0.6 is 0 Å². The summed E-state index contributed by atoms with van der Waals surface area (Å²) in [7, 11) is 2.09. The maximum absolute atomic E-state index is 5.86. The Kier molecular flexibility index (Phi) is 5.90. The van der Waals surface area contributed by atoms with E-state index in [9.17, 15) is 0 Å². The summed E-state index contributed by atoms with van der Waals surface area (Å²) < 4.78 is 5.86. The average molecular weight is 275 g/mol. The molecule has 0 radical (unpaired) electrons. The van der Waals surface area contributed by atoms with Gasteiger partial charge in [-0.3, -0.25) is 0 Å². The SMILES string of the molecule is CCOc1ccc(C)cc1C(NC)C1CCCCCC1. The van der Waals surface area contributed by atoms with Gasteiger partial charge in [0.2, 0.25) is 0 Å². The molecule has 1 unspecified atom stereocenters. The molecule has 2 rings (SSSR count). The quantitative estimate of drug-likeness (QED) is 0.791.